The van der Waals surface area contributed by atoms with E-state index in [2.05, 4.69) is 28.5 Å². The Kier molecular flexibility index (Phi) is 9.08. The lowest BCUT2D eigenvalue weighted by atomic mass is 9.93. The van der Waals surface area contributed by atoms with Gasteiger partial charge in [-0.25, -0.2) is 8.78 Å². The first-order chi connectivity index (χ1) is 24.0. The number of hydrogen-bond acceptors (Lipinski definition) is 11. The second-order valence-corrected chi connectivity index (χ2v) is 14.8. The van der Waals surface area contributed by atoms with Crippen molar-refractivity contribution in [2.24, 2.45) is 0 Å². The van der Waals surface area contributed by atoms with Crippen LogP contribution in [0.5, 0.6) is 6.01 Å². The minimum absolute atomic E-state index is 0.0367. The second kappa shape index (κ2) is 13.2. The SMILES string of the molecule is C=CC(O)N1CCC(N(CC)c2nc(OC[C@@]34CCCN3C[C@H](F)C4)nc3c(C#N)c(-c4ccc(F)c5sc(N)c(C#N)c45)c(Cl)cc23)C1C. The number of rotatable bonds is 9. The van der Waals surface area contributed by atoms with E-state index < -0.39 is 23.8 Å². The van der Waals surface area contributed by atoms with Crippen molar-refractivity contribution in [1.82, 2.24) is 19.8 Å². The number of aliphatic hydroxyl groups is 1. The van der Waals surface area contributed by atoms with Gasteiger partial charge in [-0.1, -0.05) is 24.2 Å². The van der Waals surface area contributed by atoms with E-state index in [9.17, 15) is 20.0 Å². The number of ether oxygens (including phenoxy) is 1. The molecule has 0 bridgehead atoms. The molecule has 2 aromatic heterocycles. The summed E-state index contributed by atoms with van der Waals surface area (Å²) >= 11 is 8.02. The fourth-order valence-corrected chi connectivity index (χ4v) is 9.68. The van der Waals surface area contributed by atoms with Crippen LogP contribution in [0.1, 0.15) is 50.7 Å². The van der Waals surface area contributed by atoms with Gasteiger partial charge in [0.1, 0.15) is 47.8 Å². The van der Waals surface area contributed by atoms with Crippen molar-refractivity contribution in [2.45, 2.75) is 69.6 Å². The Morgan fingerprint density at radius 3 is 2.80 bits per heavy atom. The molecule has 3 aliphatic heterocycles. The Bertz CT molecular complexity index is 2100. The number of nitriles is 2. The molecule has 3 aliphatic rings. The molecule has 50 heavy (non-hydrogen) atoms. The molecule has 4 aromatic rings. The van der Waals surface area contributed by atoms with Gasteiger partial charge in [0, 0.05) is 54.5 Å². The molecule has 3 unspecified atom stereocenters. The predicted octanol–water partition coefficient (Wildman–Crippen LogP) is 6.38. The Morgan fingerprint density at radius 2 is 2.08 bits per heavy atom. The molecule has 14 heteroatoms. The van der Waals surface area contributed by atoms with Gasteiger partial charge in [0.05, 0.1) is 31.9 Å². The van der Waals surface area contributed by atoms with Crippen molar-refractivity contribution >= 4 is 54.7 Å². The molecule has 5 heterocycles. The number of halogens is 3. The minimum Gasteiger partial charge on any atom is -0.461 e. The van der Waals surface area contributed by atoms with Crippen LogP contribution >= 0.6 is 22.9 Å². The Balaban J connectivity index is 1.43. The number of likely N-dealkylation sites (tertiary alicyclic amines) is 1. The summed E-state index contributed by atoms with van der Waals surface area (Å²) in [6, 6.07) is 8.71. The number of thiophene rings is 1. The first-order valence-corrected chi connectivity index (χ1v) is 17.9. The molecule has 260 valence electrons. The zero-order valence-corrected chi connectivity index (χ0v) is 29.4. The van der Waals surface area contributed by atoms with Crippen LogP contribution < -0.4 is 15.4 Å². The summed E-state index contributed by atoms with van der Waals surface area (Å²) in [7, 11) is 0. The number of likely N-dealkylation sites (N-methyl/N-ethyl adjacent to an activating group) is 1. The summed E-state index contributed by atoms with van der Waals surface area (Å²) < 4.78 is 36.2. The van der Waals surface area contributed by atoms with Crippen LogP contribution in [0.2, 0.25) is 5.02 Å². The van der Waals surface area contributed by atoms with Gasteiger partial charge in [0.25, 0.3) is 0 Å². The lowest BCUT2D eigenvalue weighted by Crippen LogP contribution is -2.46. The van der Waals surface area contributed by atoms with Crippen molar-refractivity contribution in [2.75, 3.05) is 43.4 Å². The maximum atomic E-state index is 15.0. The van der Waals surface area contributed by atoms with E-state index >= 15 is 4.39 Å². The third-order valence-electron chi connectivity index (χ3n) is 10.8. The van der Waals surface area contributed by atoms with Gasteiger partial charge in [-0.15, -0.1) is 11.3 Å². The molecule has 5 atom stereocenters. The van der Waals surface area contributed by atoms with Crippen LogP contribution in [0.4, 0.5) is 19.6 Å². The molecule has 0 radical (unpaired) electrons. The van der Waals surface area contributed by atoms with Crippen molar-refractivity contribution in [3.05, 3.63) is 52.8 Å². The van der Waals surface area contributed by atoms with E-state index in [4.69, 9.17) is 32.0 Å². The van der Waals surface area contributed by atoms with Crippen LogP contribution in [-0.2, 0) is 0 Å². The number of nitrogens with two attached hydrogens (primary N) is 1. The number of alkyl halides is 1. The summed E-state index contributed by atoms with van der Waals surface area (Å²) in [6.45, 7) is 10.3. The van der Waals surface area contributed by atoms with Crippen LogP contribution in [0, 0.1) is 28.5 Å². The summed E-state index contributed by atoms with van der Waals surface area (Å²) in [6.07, 6.45) is 2.58. The van der Waals surface area contributed by atoms with Crippen LogP contribution in [0.15, 0.2) is 30.9 Å². The molecule has 2 aromatic carbocycles. The molecule has 0 saturated carbocycles. The lowest BCUT2D eigenvalue weighted by molar-refractivity contribution is 0.0350. The van der Waals surface area contributed by atoms with Gasteiger partial charge in [0.2, 0.25) is 0 Å². The fraction of sp³-hybridized carbons (Fsp3) is 0.444. The third-order valence-corrected chi connectivity index (χ3v) is 12.1. The minimum atomic E-state index is -0.938. The highest BCUT2D eigenvalue weighted by atomic mass is 35.5. The van der Waals surface area contributed by atoms with E-state index in [-0.39, 0.29) is 67.0 Å². The Morgan fingerprint density at radius 1 is 1.30 bits per heavy atom. The van der Waals surface area contributed by atoms with Gasteiger partial charge >= 0.3 is 6.01 Å². The molecule has 10 nitrogen and oxygen atoms in total. The maximum Gasteiger partial charge on any atom is 0.319 e. The number of aromatic nitrogens is 2. The third kappa shape index (κ3) is 5.43. The lowest BCUT2D eigenvalue weighted by Gasteiger charge is -2.35. The van der Waals surface area contributed by atoms with E-state index in [1.165, 1.54) is 18.2 Å². The average molecular weight is 719 g/mol. The maximum absolute atomic E-state index is 15.0. The highest BCUT2D eigenvalue weighted by Crippen LogP contribution is 2.47. The van der Waals surface area contributed by atoms with E-state index in [1.807, 2.05) is 18.7 Å². The second-order valence-electron chi connectivity index (χ2n) is 13.3. The number of nitrogen functional groups attached to an aromatic ring is 1. The quantitative estimate of drug-likeness (QED) is 0.188. The van der Waals surface area contributed by atoms with Gasteiger partial charge in [-0.2, -0.15) is 20.5 Å². The molecular weight excluding hydrogens is 682 g/mol. The number of benzene rings is 2. The first-order valence-electron chi connectivity index (χ1n) is 16.8. The van der Waals surface area contributed by atoms with Crippen LogP contribution in [-0.4, -0.2) is 87.7 Å². The number of aliphatic hydroxyl groups excluding tert-OH is 1. The number of fused-ring (bicyclic) bond motifs is 3. The topological polar surface area (TPSA) is 139 Å². The van der Waals surface area contributed by atoms with Gasteiger partial charge < -0.3 is 20.5 Å². The molecule has 3 N–H and O–H groups in total. The van der Waals surface area contributed by atoms with Crippen molar-refractivity contribution in [3.63, 3.8) is 0 Å². The molecule has 3 fully saturated rings. The Hall–Kier alpha value is -4.11. The standard InChI is InChI=1S/C36H37ClF2N8O2S/c1-4-28(48)47-12-9-27(19(47)3)46(5-2)34-22-13-25(37)29(21-7-8-26(39)32-30(21)24(16-41)33(42)50-32)23(15-40)31(22)43-35(44-34)49-18-36-10-6-11-45(36)17-20(38)14-36/h4,7-8,13,19-20,27-28,48H,1,5-6,9-12,14,17-18,42H2,2-3H3/t19?,20-,27?,28?,36+/m1/s1. The van der Waals surface area contributed by atoms with Crippen LogP contribution in [0.25, 0.3) is 32.1 Å². The molecule has 0 spiro atoms. The molecule has 0 amide bonds. The number of anilines is 2. The highest BCUT2D eigenvalue weighted by molar-refractivity contribution is 7.23. The molecular formula is C36H37ClF2N8O2S. The fourth-order valence-electron chi connectivity index (χ4n) is 8.42. The van der Waals surface area contributed by atoms with Crippen molar-refractivity contribution in [3.8, 4) is 29.3 Å². The Labute approximate surface area is 297 Å². The van der Waals surface area contributed by atoms with Crippen LogP contribution in [0.3, 0.4) is 0 Å². The highest BCUT2D eigenvalue weighted by Gasteiger charge is 2.49. The van der Waals surface area contributed by atoms with Gasteiger partial charge in [-0.3, -0.25) is 9.80 Å². The van der Waals surface area contributed by atoms with Crippen molar-refractivity contribution in [1.29, 1.82) is 10.5 Å². The first kappa shape index (κ1) is 34.3. The molecule has 3 saturated heterocycles. The predicted molar refractivity (Wildman–Crippen MR) is 192 cm³/mol. The molecule has 7 rings (SSSR count). The van der Waals surface area contributed by atoms with Gasteiger partial charge in [0.15, 0.2) is 0 Å². The average Bonchev–Trinajstić information content (AvgIpc) is 3.85. The zero-order valence-electron chi connectivity index (χ0n) is 27.8. The summed E-state index contributed by atoms with van der Waals surface area (Å²) in [5.74, 6) is -0.0399. The number of nitrogens with zero attached hydrogens (tertiary/aromatic N) is 7. The van der Waals surface area contributed by atoms with E-state index in [0.29, 0.717) is 42.8 Å². The van der Waals surface area contributed by atoms with Crippen molar-refractivity contribution < 1.29 is 18.6 Å². The smallest absolute Gasteiger partial charge is 0.319 e. The molecule has 0 aliphatic carbocycles. The van der Waals surface area contributed by atoms with E-state index in [1.54, 1.807) is 6.07 Å². The monoisotopic (exact) mass is 718 g/mol. The summed E-state index contributed by atoms with van der Waals surface area (Å²) in [5.41, 5.74) is 6.83. The van der Waals surface area contributed by atoms with Gasteiger partial charge in [-0.05, 0) is 63.4 Å². The summed E-state index contributed by atoms with van der Waals surface area (Å²) in [5, 5.41) is 32.5. The van der Waals surface area contributed by atoms with E-state index in [0.717, 1.165) is 37.1 Å². The normalized spacial score (nSPS) is 24.4. The summed E-state index contributed by atoms with van der Waals surface area (Å²) in [4.78, 5) is 16.0. The largest absolute Gasteiger partial charge is 0.461 e. The number of hydrogen-bond donors (Lipinski definition) is 2. The zero-order chi connectivity index (χ0) is 35.5.